The monoisotopic (exact) mass is 476 g/mol. The van der Waals surface area contributed by atoms with Gasteiger partial charge in [-0.25, -0.2) is 0 Å². The summed E-state index contributed by atoms with van der Waals surface area (Å²) < 4.78 is 33.4. The molecule has 0 aromatic heterocycles. The lowest BCUT2D eigenvalue weighted by Crippen LogP contribution is -2.19. The Morgan fingerprint density at radius 3 is 1.66 bits per heavy atom. The van der Waals surface area contributed by atoms with Gasteiger partial charge in [-0.3, -0.25) is 0 Å². The largest absolute Gasteiger partial charge is 0.465 e. The molecule has 3 aromatic carbocycles. The van der Waals surface area contributed by atoms with Gasteiger partial charge in [0, 0.05) is 0 Å². The number of epoxide rings is 2. The number of aryl methyl sites for hydroxylation is 1. The molecular formula is C29H32O6. The Hall–Kier alpha value is -2.90. The van der Waals surface area contributed by atoms with Gasteiger partial charge in [-0.05, 0) is 72.9 Å². The summed E-state index contributed by atoms with van der Waals surface area (Å²) in [6.07, 6.45) is -0.155. The van der Waals surface area contributed by atoms with Crippen molar-refractivity contribution in [1.29, 1.82) is 0 Å². The Morgan fingerprint density at radius 2 is 1.14 bits per heavy atom. The fourth-order valence-electron chi connectivity index (χ4n) is 3.79. The minimum absolute atomic E-state index is 0.231. The molecule has 2 fully saturated rings. The highest BCUT2D eigenvalue weighted by molar-refractivity contribution is 5.71. The van der Waals surface area contributed by atoms with Crippen LogP contribution in [0.15, 0.2) is 66.7 Å². The van der Waals surface area contributed by atoms with Crippen molar-refractivity contribution in [3.05, 3.63) is 72.3 Å². The van der Waals surface area contributed by atoms with Crippen LogP contribution in [0.5, 0.6) is 11.5 Å². The molecule has 184 valence electrons. The number of hydrogen-bond acceptors (Lipinski definition) is 6. The number of ether oxygens (including phenoxy) is 6. The molecule has 0 aliphatic carbocycles. The summed E-state index contributed by atoms with van der Waals surface area (Å²) in [7, 11) is 0. The molecule has 4 atom stereocenters. The van der Waals surface area contributed by atoms with Crippen molar-refractivity contribution in [3.63, 3.8) is 0 Å². The van der Waals surface area contributed by atoms with Crippen molar-refractivity contribution in [2.24, 2.45) is 0 Å². The first-order chi connectivity index (χ1) is 17.0. The molecule has 0 bridgehead atoms. The molecule has 5 rings (SSSR count). The van der Waals surface area contributed by atoms with E-state index in [2.05, 4.69) is 55.5 Å². The molecule has 2 heterocycles. The minimum atomic E-state index is -0.312. The van der Waals surface area contributed by atoms with E-state index in [9.17, 15) is 0 Å². The lowest BCUT2D eigenvalue weighted by atomic mass is 9.99. The summed E-state index contributed by atoms with van der Waals surface area (Å²) >= 11 is 0. The molecule has 6 heteroatoms. The molecule has 0 N–H and O–H groups in total. The molecule has 0 spiro atoms. The van der Waals surface area contributed by atoms with Gasteiger partial charge in [0.15, 0.2) is 12.6 Å². The SMILES string of the molecule is Cc1cc(-c2ccc(-c3ccc(OC(C)OCC4CO4)cc3)cc2)ccc1OC(C)OCC1CO1. The van der Waals surface area contributed by atoms with E-state index in [0.717, 1.165) is 52.5 Å². The second kappa shape index (κ2) is 10.8. The summed E-state index contributed by atoms with van der Waals surface area (Å²) in [4.78, 5) is 0. The van der Waals surface area contributed by atoms with E-state index in [0.29, 0.717) is 13.2 Å². The maximum absolute atomic E-state index is 5.95. The molecule has 2 aliphatic heterocycles. The van der Waals surface area contributed by atoms with Crippen molar-refractivity contribution in [2.45, 2.75) is 45.6 Å². The van der Waals surface area contributed by atoms with Gasteiger partial charge in [-0.15, -0.1) is 0 Å². The zero-order chi connectivity index (χ0) is 24.2. The molecular weight excluding hydrogens is 444 g/mol. The van der Waals surface area contributed by atoms with Gasteiger partial charge >= 0.3 is 0 Å². The predicted molar refractivity (Wildman–Crippen MR) is 134 cm³/mol. The topological polar surface area (TPSA) is 62.0 Å². The third-order valence-electron chi connectivity index (χ3n) is 6.01. The highest BCUT2D eigenvalue weighted by atomic mass is 16.7. The Kier molecular flexibility index (Phi) is 7.35. The first-order valence-electron chi connectivity index (χ1n) is 12.1. The van der Waals surface area contributed by atoms with Crippen molar-refractivity contribution in [3.8, 4) is 33.8 Å². The highest BCUT2D eigenvalue weighted by Crippen LogP contribution is 2.30. The second-order valence-electron chi connectivity index (χ2n) is 9.03. The molecule has 4 unspecified atom stereocenters. The maximum Gasteiger partial charge on any atom is 0.197 e. The first kappa shape index (κ1) is 23.8. The van der Waals surface area contributed by atoms with Gasteiger partial charge in [0.1, 0.15) is 23.7 Å². The van der Waals surface area contributed by atoms with Crippen molar-refractivity contribution in [2.75, 3.05) is 26.4 Å². The van der Waals surface area contributed by atoms with E-state index in [1.807, 2.05) is 32.0 Å². The van der Waals surface area contributed by atoms with Crippen LogP contribution in [-0.2, 0) is 18.9 Å². The zero-order valence-electron chi connectivity index (χ0n) is 20.4. The number of rotatable bonds is 12. The maximum atomic E-state index is 5.95. The van der Waals surface area contributed by atoms with E-state index in [4.69, 9.17) is 28.4 Å². The summed E-state index contributed by atoms with van der Waals surface area (Å²) in [5.74, 6) is 1.62. The van der Waals surface area contributed by atoms with Crippen LogP contribution in [0, 0.1) is 6.92 Å². The van der Waals surface area contributed by atoms with Gasteiger partial charge in [0.05, 0.1) is 26.4 Å². The van der Waals surface area contributed by atoms with Crippen LogP contribution in [0.25, 0.3) is 22.3 Å². The normalized spacial score (nSPS) is 20.2. The molecule has 3 aromatic rings. The fourth-order valence-corrected chi connectivity index (χ4v) is 3.79. The third kappa shape index (κ3) is 6.83. The van der Waals surface area contributed by atoms with E-state index in [1.165, 1.54) is 0 Å². The van der Waals surface area contributed by atoms with Crippen LogP contribution >= 0.6 is 0 Å². The van der Waals surface area contributed by atoms with Crippen LogP contribution in [0.1, 0.15) is 19.4 Å². The average Bonchev–Trinajstić information content (AvgIpc) is 3.79. The summed E-state index contributed by atoms with van der Waals surface area (Å²) in [6, 6.07) is 22.9. The van der Waals surface area contributed by atoms with Gasteiger partial charge in [-0.1, -0.05) is 42.5 Å². The number of hydrogen-bond donors (Lipinski definition) is 0. The lowest BCUT2D eigenvalue weighted by molar-refractivity contribution is -0.0713. The Balaban J connectivity index is 1.17. The smallest absolute Gasteiger partial charge is 0.197 e. The molecule has 2 saturated heterocycles. The van der Waals surface area contributed by atoms with Crippen molar-refractivity contribution < 1.29 is 28.4 Å². The zero-order valence-corrected chi connectivity index (χ0v) is 20.4. The van der Waals surface area contributed by atoms with Gasteiger partial charge in [0.2, 0.25) is 0 Å². The lowest BCUT2D eigenvalue weighted by Gasteiger charge is -2.17. The van der Waals surface area contributed by atoms with E-state index in [-0.39, 0.29) is 24.8 Å². The van der Waals surface area contributed by atoms with Crippen LogP contribution in [0.3, 0.4) is 0 Å². The van der Waals surface area contributed by atoms with E-state index in [1.54, 1.807) is 0 Å². The Labute approximate surface area is 206 Å². The molecule has 0 saturated carbocycles. The fraction of sp³-hybridized carbons (Fsp3) is 0.379. The summed E-state index contributed by atoms with van der Waals surface area (Å²) in [5, 5.41) is 0. The highest BCUT2D eigenvalue weighted by Gasteiger charge is 2.24. The predicted octanol–water partition coefficient (Wildman–Crippen LogP) is 5.61. The van der Waals surface area contributed by atoms with E-state index < -0.39 is 0 Å². The Morgan fingerprint density at radius 1 is 0.686 bits per heavy atom. The first-order valence-corrected chi connectivity index (χ1v) is 12.1. The summed E-state index contributed by atoms with van der Waals surface area (Å²) in [6.45, 7) is 8.57. The third-order valence-corrected chi connectivity index (χ3v) is 6.01. The summed E-state index contributed by atoms with van der Waals surface area (Å²) in [5.41, 5.74) is 5.66. The van der Waals surface area contributed by atoms with Crippen LogP contribution in [0.4, 0.5) is 0 Å². The Bertz CT molecular complexity index is 1100. The minimum Gasteiger partial charge on any atom is -0.465 e. The molecule has 0 radical (unpaired) electrons. The van der Waals surface area contributed by atoms with Crippen LogP contribution < -0.4 is 9.47 Å². The van der Waals surface area contributed by atoms with Gasteiger partial charge < -0.3 is 28.4 Å². The standard InChI is InChI=1S/C29H32O6/c1-19-14-25(10-13-29(19)35-21(3)31-16-28-18-33-28)24-6-4-22(5-7-24)23-8-11-26(12-9-23)34-20(2)30-15-27-17-32-27/h4-14,20-21,27-28H,15-18H2,1-3H3. The molecule has 35 heavy (non-hydrogen) atoms. The number of benzene rings is 3. The van der Waals surface area contributed by atoms with Crippen LogP contribution in [0.2, 0.25) is 0 Å². The van der Waals surface area contributed by atoms with Gasteiger partial charge in [0.25, 0.3) is 0 Å². The molecule has 0 amide bonds. The second-order valence-corrected chi connectivity index (χ2v) is 9.03. The van der Waals surface area contributed by atoms with Crippen molar-refractivity contribution >= 4 is 0 Å². The van der Waals surface area contributed by atoms with Gasteiger partial charge in [-0.2, -0.15) is 0 Å². The quantitative estimate of drug-likeness (QED) is 0.250. The molecule has 2 aliphatic rings. The van der Waals surface area contributed by atoms with Crippen molar-refractivity contribution in [1.82, 2.24) is 0 Å². The van der Waals surface area contributed by atoms with Crippen LogP contribution in [-0.4, -0.2) is 51.2 Å². The van der Waals surface area contributed by atoms with E-state index >= 15 is 0 Å². The average molecular weight is 477 g/mol. The molecule has 6 nitrogen and oxygen atoms in total.